The van der Waals surface area contributed by atoms with Crippen LogP contribution in [0, 0.1) is 0 Å². The fraction of sp³-hybridized carbons (Fsp3) is 0.467. The van der Waals surface area contributed by atoms with E-state index in [0.29, 0.717) is 0 Å². The molecule has 1 saturated heterocycles. The first-order chi connectivity index (χ1) is 8.92. The van der Waals surface area contributed by atoms with Crippen LogP contribution in [0.5, 0.6) is 5.75 Å². The van der Waals surface area contributed by atoms with Gasteiger partial charge in [0.25, 0.3) is 0 Å². The molecule has 2 aliphatic rings. The van der Waals surface area contributed by atoms with E-state index in [0.717, 1.165) is 51.5 Å². The predicted octanol–water partition coefficient (Wildman–Crippen LogP) is 2.23. The Bertz CT molecular complexity index is 436. The zero-order valence-electron chi connectivity index (χ0n) is 10.6. The van der Waals surface area contributed by atoms with Crippen LogP contribution in [0.2, 0.25) is 0 Å². The van der Waals surface area contributed by atoms with Crippen molar-refractivity contribution >= 4 is 0 Å². The summed E-state index contributed by atoms with van der Waals surface area (Å²) in [6.07, 6.45) is 4.34. The Morgan fingerprint density at radius 3 is 2.78 bits per heavy atom. The van der Waals surface area contributed by atoms with Crippen LogP contribution < -0.4 is 4.74 Å². The summed E-state index contributed by atoms with van der Waals surface area (Å²) in [4.78, 5) is 2.37. The highest BCUT2D eigenvalue weighted by Crippen LogP contribution is 2.26. The van der Waals surface area contributed by atoms with Crippen molar-refractivity contribution in [2.24, 2.45) is 0 Å². The minimum Gasteiger partial charge on any atom is -0.493 e. The molecule has 3 heteroatoms. The maximum absolute atomic E-state index is 5.78. The SMILES string of the molecule is C(=C1/CCOc2ccccc2C1)/N1CCOCC1. The number of fused-ring (bicyclic) bond motifs is 1. The Labute approximate surface area is 108 Å². The molecule has 18 heavy (non-hydrogen) atoms. The average molecular weight is 245 g/mol. The van der Waals surface area contributed by atoms with Crippen molar-refractivity contribution < 1.29 is 9.47 Å². The second-order valence-corrected chi connectivity index (χ2v) is 4.82. The van der Waals surface area contributed by atoms with E-state index in [2.05, 4.69) is 29.3 Å². The first kappa shape index (κ1) is 11.6. The molecule has 1 fully saturated rings. The molecule has 0 radical (unpaired) electrons. The fourth-order valence-corrected chi connectivity index (χ4v) is 2.49. The summed E-state index contributed by atoms with van der Waals surface area (Å²) < 4.78 is 11.2. The molecule has 0 atom stereocenters. The topological polar surface area (TPSA) is 21.7 Å². The van der Waals surface area contributed by atoms with Gasteiger partial charge < -0.3 is 14.4 Å². The highest BCUT2D eigenvalue weighted by Gasteiger charge is 2.13. The largest absolute Gasteiger partial charge is 0.493 e. The number of ether oxygens (including phenoxy) is 2. The Hall–Kier alpha value is -1.48. The van der Waals surface area contributed by atoms with E-state index in [1.54, 1.807) is 0 Å². The lowest BCUT2D eigenvalue weighted by Gasteiger charge is -2.26. The quantitative estimate of drug-likeness (QED) is 0.757. The Kier molecular flexibility index (Phi) is 3.51. The van der Waals surface area contributed by atoms with Gasteiger partial charge in [0, 0.05) is 19.5 Å². The summed E-state index contributed by atoms with van der Waals surface area (Å²) in [6, 6.07) is 8.34. The van der Waals surface area contributed by atoms with E-state index in [-0.39, 0.29) is 0 Å². The Balaban J connectivity index is 1.76. The highest BCUT2D eigenvalue weighted by molar-refractivity contribution is 5.37. The van der Waals surface area contributed by atoms with E-state index >= 15 is 0 Å². The molecule has 1 aromatic carbocycles. The first-order valence-corrected chi connectivity index (χ1v) is 6.64. The van der Waals surface area contributed by atoms with Gasteiger partial charge >= 0.3 is 0 Å². The van der Waals surface area contributed by atoms with Gasteiger partial charge in [-0.15, -0.1) is 0 Å². The molecule has 0 aliphatic carbocycles. The van der Waals surface area contributed by atoms with Gasteiger partial charge in [0.05, 0.1) is 19.8 Å². The smallest absolute Gasteiger partial charge is 0.122 e. The normalized spacial score (nSPS) is 22.2. The molecule has 3 nitrogen and oxygen atoms in total. The molecule has 1 aromatic rings. The minimum absolute atomic E-state index is 0.785. The molecule has 0 spiro atoms. The van der Waals surface area contributed by atoms with Gasteiger partial charge in [-0.1, -0.05) is 18.2 Å². The maximum atomic E-state index is 5.78. The second-order valence-electron chi connectivity index (χ2n) is 4.82. The van der Waals surface area contributed by atoms with Crippen LogP contribution >= 0.6 is 0 Å². The lowest BCUT2D eigenvalue weighted by molar-refractivity contribution is 0.0589. The molecule has 3 rings (SSSR count). The van der Waals surface area contributed by atoms with Gasteiger partial charge in [-0.3, -0.25) is 0 Å². The van der Waals surface area contributed by atoms with E-state index in [9.17, 15) is 0 Å². The average Bonchev–Trinajstić information content (AvgIpc) is 2.61. The zero-order valence-corrected chi connectivity index (χ0v) is 10.6. The summed E-state index contributed by atoms with van der Waals surface area (Å²) in [6.45, 7) is 4.49. The van der Waals surface area contributed by atoms with Gasteiger partial charge in [0.15, 0.2) is 0 Å². The minimum atomic E-state index is 0.785. The lowest BCUT2D eigenvalue weighted by atomic mass is 10.0. The van der Waals surface area contributed by atoms with Crippen LogP contribution in [0.1, 0.15) is 12.0 Å². The molecule has 0 saturated carbocycles. The van der Waals surface area contributed by atoms with Crippen LogP contribution in [-0.4, -0.2) is 37.8 Å². The lowest BCUT2D eigenvalue weighted by Crippen LogP contribution is -2.32. The molecule has 0 aromatic heterocycles. The van der Waals surface area contributed by atoms with E-state index < -0.39 is 0 Å². The Morgan fingerprint density at radius 2 is 1.89 bits per heavy atom. The van der Waals surface area contributed by atoms with E-state index in [1.807, 2.05) is 6.07 Å². The van der Waals surface area contributed by atoms with Gasteiger partial charge in [-0.05, 0) is 29.8 Å². The number of rotatable bonds is 1. The third-order valence-corrected chi connectivity index (χ3v) is 3.48. The van der Waals surface area contributed by atoms with Crippen molar-refractivity contribution in [1.82, 2.24) is 4.90 Å². The third-order valence-electron chi connectivity index (χ3n) is 3.48. The number of morpholine rings is 1. The van der Waals surface area contributed by atoms with E-state index in [4.69, 9.17) is 9.47 Å². The van der Waals surface area contributed by atoms with Gasteiger partial charge in [-0.25, -0.2) is 0 Å². The number of nitrogens with zero attached hydrogens (tertiary/aromatic N) is 1. The summed E-state index contributed by atoms with van der Waals surface area (Å²) in [5.41, 5.74) is 2.76. The second kappa shape index (κ2) is 5.44. The molecule has 0 bridgehead atoms. The van der Waals surface area contributed by atoms with Crippen molar-refractivity contribution in [3.8, 4) is 5.75 Å². The summed E-state index contributed by atoms with van der Waals surface area (Å²) in [7, 11) is 0. The summed E-state index contributed by atoms with van der Waals surface area (Å²) in [5.74, 6) is 1.04. The molecule has 2 aliphatic heterocycles. The first-order valence-electron chi connectivity index (χ1n) is 6.64. The molecular formula is C15H19NO2. The van der Waals surface area contributed by atoms with Crippen molar-refractivity contribution in [1.29, 1.82) is 0 Å². The standard InChI is InChI=1S/C15H19NO2/c1-2-4-15-14(3-1)11-13(5-8-18-15)12-16-6-9-17-10-7-16/h1-4,12H,5-11H2/b13-12+. The summed E-state index contributed by atoms with van der Waals surface area (Å²) in [5, 5.41) is 0. The molecule has 96 valence electrons. The third kappa shape index (κ3) is 2.67. The number of hydrogen-bond donors (Lipinski definition) is 0. The van der Waals surface area contributed by atoms with Gasteiger partial charge in [-0.2, -0.15) is 0 Å². The van der Waals surface area contributed by atoms with Crippen molar-refractivity contribution in [2.45, 2.75) is 12.8 Å². The Morgan fingerprint density at radius 1 is 1.06 bits per heavy atom. The van der Waals surface area contributed by atoms with Crippen molar-refractivity contribution in [3.63, 3.8) is 0 Å². The monoisotopic (exact) mass is 245 g/mol. The molecule has 0 N–H and O–H groups in total. The van der Waals surface area contributed by atoms with Crippen LogP contribution in [-0.2, 0) is 11.2 Å². The molecule has 2 heterocycles. The van der Waals surface area contributed by atoms with Gasteiger partial charge in [0.2, 0.25) is 0 Å². The van der Waals surface area contributed by atoms with Crippen LogP contribution in [0.15, 0.2) is 36.0 Å². The molecule has 0 unspecified atom stereocenters. The van der Waals surface area contributed by atoms with Crippen LogP contribution in [0.4, 0.5) is 0 Å². The van der Waals surface area contributed by atoms with Gasteiger partial charge in [0.1, 0.15) is 5.75 Å². The number of hydrogen-bond acceptors (Lipinski definition) is 3. The molecule has 0 amide bonds. The van der Waals surface area contributed by atoms with E-state index in [1.165, 1.54) is 11.1 Å². The summed E-state index contributed by atoms with van der Waals surface area (Å²) >= 11 is 0. The maximum Gasteiger partial charge on any atom is 0.122 e. The van der Waals surface area contributed by atoms with Crippen LogP contribution in [0.25, 0.3) is 0 Å². The highest BCUT2D eigenvalue weighted by atomic mass is 16.5. The fourth-order valence-electron chi connectivity index (χ4n) is 2.49. The zero-order chi connectivity index (χ0) is 12.2. The predicted molar refractivity (Wildman–Crippen MR) is 70.7 cm³/mol. The number of para-hydroxylation sites is 1. The van der Waals surface area contributed by atoms with Crippen molar-refractivity contribution in [2.75, 3.05) is 32.9 Å². The number of benzene rings is 1. The van der Waals surface area contributed by atoms with Crippen molar-refractivity contribution in [3.05, 3.63) is 41.6 Å². The van der Waals surface area contributed by atoms with Crippen LogP contribution in [0.3, 0.4) is 0 Å². The molecular weight excluding hydrogens is 226 g/mol.